The summed E-state index contributed by atoms with van der Waals surface area (Å²) in [6.07, 6.45) is 2.21. The highest BCUT2D eigenvalue weighted by Gasteiger charge is 2.09. The van der Waals surface area contributed by atoms with Crippen LogP contribution in [0.1, 0.15) is 18.2 Å². The van der Waals surface area contributed by atoms with Gasteiger partial charge in [-0.3, -0.25) is 4.68 Å². The van der Waals surface area contributed by atoms with Crippen molar-refractivity contribution in [3.05, 3.63) is 41.7 Å². The van der Waals surface area contributed by atoms with Crippen molar-refractivity contribution in [1.82, 2.24) is 9.78 Å². The lowest BCUT2D eigenvalue weighted by Crippen LogP contribution is -2.26. The first-order valence-corrected chi connectivity index (χ1v) is 7.22. The number of benzene rings is 1. The van der Waals surface area contributed by atoms with Gasteiger partial charge in [-0.25, -0.2) is 0 Å². The van der Waals surface area contributed by atoms with Crippen molar-refractivity contribution in [3.63, 3.8) is 0 Å². The van der Waals surface area contributed by atoms with Crippen LogP contribution in [0.15, 0.2) is 30.5 Å². The SMILES string of the molecule is CCc1nn(C)cc1NCC(O)COc1cccc(C)c1. The molecule has 1 atom stereocenters. The zero-order chi connectivity index (χ0) is 15.2. The number of aliphatic hydroxyl groups excluding tert-OH is 1. The van der Waals surface area contributed by atoms with Gasteiger partial charge < -0.3 is 15.2 Å². The summed E-state index contributed by atoms with van der Waals surface area (Å²) in [4.78, 5) is 0. The van der Waals surface area contributed by atoms with Crippen LogP contribution in [-0.4, -0.2) is 34.1 Å². The third-order valence-corrected chi connectivity index (χ3v) is 3.20. The largest absolute Gasteiger partial charge is 0.491 e. The molecule has 2 aromatic rings. The smallest absolute Gasteiger partial charge is 0.119 e. The van der Waals surface area contributed by atoms with Gasteiger partial charge in [0.2, 0.25) is 0 Å². The maximum absolute atomic E-state index is 10.00. The number of hydrogen-bond acceptors (Lipinski definition) is 4. The number of ether oxygens (including phenoxy) is 1. The van der Waals surface area contributed by atoms with E-state index >= 15 is 0 Å². The molecule has 1 aromatic carbocycles. The Morgan fingerprint density at radius 2 is 2.24 bits per heavy atom. The number of aryl methyl sites for hydroxylation is 3. The molecule has 0 aliphatic carbocycles. The Labute approximate surface area is 125 Å². The molecule has 0 spiro atoms. The van der Waals surface area contributed by atoms with E-state index in [0.717, 1.165) is 29.1 Å². The Hall–Kier alpha value is -2.01. The second-order valence-corrected chi connectivity index (χ2v) is 5.18. The Morgan fingerprint density at radius 1 is 1.43 bits per heavy atom. The van der Waals surface area contributed by atoms with Gasteiger partial charge in [-0.2, -0.15) is 5.10 Å². The zero-order valence-electron chi connectivity index (χ0n) is 12.8. The fraction of sp³-hybridized carbons (Fsp3) is 0.438. The van der Waals surface area contributed by atoms with Crippen molar-refractivity contribution in [2.24, 2.45) is 7.05 Å². The molecule has 0 radical (unpaired) electrons. The molecular formula is C16H23N3O2. The van der Waals surface area contributed by atoms with Crippen LogP contribution in [0.2, 0.25) is 0 Å². The average Bonchev–Trinajstić information content (AvgIpc) is 2.83. The molecule has 5 nitrogen and oxygen atoms in total. The molecule has 5 heteroatoms. The molecule has 0 fully saturated rings. The highest BCUT2D eigenvalue weighted by Crippen LogP contribution is 2.14. The van der Waals surface area contributed by atoms with Crippen LogP contribution in [0.4, 0.5) is 5.69 Å². The van der Waals surface area contributed by atoms with Gasteiger partial charge in [0, 0.05) is 19.8 Å². The predicted molar refractivity (Wildman–Crippen MR) is 83.8 cm³/mol. The van der Waals surface area contributed by atoms with Crippen molar-refractivity contribution in [1.29, 1.82) is 0 Å². The van der Waals surface area contributed by atoms with Crippen LogP contribution in [0, 0.1) is 6.92 Å². The number of rotatable bonds is 7. The van der Waals surface area contributed by atoms with Gasteiger partial charge in [-0.05, 0) is 31.0 Å². The average molecular weight is 289 g/mol. The fourth-order valence-electron chi connectivity index (χ4n) is 2.13. The Balaban J connectivity index is 1.80. The van der Waals surface area contributed by atoms with E-state index in [-0.39, 0.29) is 6.61 Å². The van der Waals surface area contributed by atoms with Crippen LogP contribution in [0.3, 0.4) is 0 Å². The van der Waals surface area contributed by atoms with Gasteiger partial charge in [-0.15, -0.1) is 0 Å². The topological polar surface area (TPSA) is 59.3 Å². The molecule has 0 aliphatic rings. The van der Waals surface area contributed by atoms with Crippen LogP contribution in [0.25, 0.3) is 0 Å². The summed E-state index contributed by atoms with van der Waals surface area (Å²) in [7, 11) is 1.89. The van der Waals surface area contributed by atoms with Crippen LogP contribution in [-0.2, 0) is 13.5 Å². The van der Waals surface area contributed by atoms with E-state index in [1.165, 1.54) is 0 Å². The fourth-order valence-corrected chi connectivity index (χ4v) is 2.13. The molecule has 0 aliphatic heterocycles. The Morgan fingerprint density at radius 3 is 2.95 bits per heavy atom. The van der Waals surface area contributed by atoms with Crippen molar-refractivity contribution in [2.75, 3.05) is 18.5 Å². The molecule has 0 amide bonds. The lowest BCUT2D eigenvalue weighted by Gasteiger charge is -2.14. The van der Waals surface area contributed by atoms with E-state index in [1.54, 1.807) is 4.68 Å². The van der Waals surface area contributed by atoms with Crippen molar-refractivity contribution < 1.29 is 9.84 Å². The van der Waals surface area contributed by atoms with Crippen molar-refractivity contribution in [3.8, 4) is 5.75 Å². The first-order valence-electron chi connectivity index (χ1n) is 7.22. The Kier molecular flexibility index (Phi) is 5.22. The number of hydrogen-bond donors (Lipinski definition) is 2. The molecule has 114 valence electrons. The minimum absolute atomic E-state index is 0.262. The lowest BCUT2D eigenvalue weighted by atomic mass is 10.2. The third kappa shape index (κ3) is 4.49. The van der Waals surface area contributed by atoms with Crippen LogP contribution < -0.4 is 10.1 Å². The van der Waals surface area contributed by atoms with E-state index in [2.05, 4.69) is 17.3 Å². The maximum Gasteiger partial charge on any atom is 0.119 e. The molecule has 0 saturated heterocycles. The first kappa shape index (κ1) is 15.4. The first-order chi connectivity index (χ1) is 10.1. The van der Waals surface area contributed by atoms with Gasteiger partial charge >= 0.3 is 0 Å². The number of nitrogens with one attached hydrogen (secondary N) is 1. The highest BCUT2D eigenvalue weighted by molar-refractivity contribution is 5.46. The van der Waals surface area contributed by atoms with E-state index in [0.29, 0.717) is 6.54 Å². The van der Waals surface area contributed by atoms with Crippen molar-refractivity contribution >= 4 is 5.69 Å². The molecule has 21 heavy (non-hydrogen) atoms. The molecule has 1 unspecified atom stereocenters. The maximum atomic E-state index is 10.00. The summed E-state index contributed by atoms with van der Waals surface area (Å²) >= 11 is 0. The summed E-state index contributed by atoms with van der Waals surface area (Å²) in [6.45, 7) is 4.77. The van der Waals surface area contributed by atoms with Gasteiger partial charge in [0.1, 0.15) is 18.5 Å². The quantitative estimate of drug-likeness (QED) is 0.820. The van der Waals surface area contributed by atoms with E-state index in [4.69, 9.17) is 4.74 Å². The third-order valence-electron chi connectivity index (χ3n) is 3.20. The second-order valence-electron chi connectivity index (χ2n) is 5.18. The van der Waals surface area contributed by atoms with Crippen molar-refractivity contribution in [2.45, 2.75) is 26.4 Å². The Bertz CT molecular complexity index is 581. The molecule has 1 aromatic heterocycles. The van der Waals surface area contributed by atoms with E-state index in [1.807, 2.05) is 44.4 Å². The summed E-state index contributed by atoms with van der Waals surface area (Å²) in [5, 5.41) is 17.6. The summed E-state index contributed by atoms with van der Waals surface area (Å²) in [6, 6.07) is 7.80. The minimum atomic E-state index is -0.574. The molecule has 0 bridgehead atoms. The van der Waals surface area contributed by atoms with Crippen LogP contribution in [0.5, 0.6) is 5.75 Å². The summed E-state index contributed by atoms with van der Waals surface area (Å²) in [5.41, 5.74) is 3.11. The molecule has 2 N–H and O–H groups in total. The van der Waals surface area contributed by atoms with Gasteiger partial charge in [0.25, 0.3) is 0 Å². The zero-order valence-corrected chi connectivity index (χ0v) is 12.8. The number of aromatic nitrogens is 2. The predicted octanol–water partition coefficient (Wildman–Crippen LogP) is 2.14. The van der Waals surface area contributed by atoms with Crippen LogP contribution >= 0.6 is 0 Å². The summed E-state index contributed by atoms with van der Waals surface area (Å²) < 4.78 is 7.36. The minimum Gasteiger partial charge on any atom is -0.491 e. The number of nitrogens with zero attached hydrogens (tertiary/aromatic N) is 2. The second kappa shape index (κ2) is 7.13. The monoisotopic (exact) mass is 289 g/mol. The number of aliphatic hydroxyl groups is 1. The highest BCUT2D eigenvalue weighted by atomic mass is 16.5. The van der Waals surface area contributed by atoms with Gasteiger partial charge in [0.15, 0.2) is 0 Å². The van der Waals surface area contributed by atoms with Gasteiger partial charge in [-0.1, -0.05) is 19.1 Å². The van der Waals surface area contributed by atoms with Gasteiger partial charge in [0.05, 0.1) is 11.4 Å². The number of anilines is 1. The molecular weight excluding hydrogens is 266 g/mol. The van der Waals surface area contributed by atoms with E-state index in [9.17, 15) is 5.11 Å². The van der Waals surface area contributed by atoms with E-state index < -0.39 is 6.10 Å². The standard InChI is InChI=1S/C16H23N3O2/c1-4-15-16(10-19(3)18-15)17-9-13(20)11-21-14-7-5-6-12(2)8-14/h5-8,10,13,17,20H,4,9,11H2,1-3H3. The summed E-state index contributed by atoms with van der Waals surface area (Å²) in [5.74, 6) is 0.782. The molecule has 1 heterocycles. The lowest BCUT2D eigenvalue weighted by molar-refractivity contribution is 0.117. The molecule has 2 rings (SSSR count). The molecule has 0 saturated carbocycles. The normalized spacial score (nSPS) is 12.2.